The summed E-state index contributed by atoms with van der Waals surface area (Å²) in [6.07, 6.45) is 6.93. The number of nitrogens with zero attached hydrogens (tertiary/aromatic N) is 1. The highest BCUT2D eigenvalue weighted by Gasteiger charge is 2.10. The van der Waals surface area contributed by atoms with Gasteiger partial charge in [0.1, 0.15) is 0 Å². The minimum Gasteiger partial charge on any atom is -0.242 e. The highest BCUT2D eigenvalue weighted by molar-refractivity contribution is 4.68. The van der Waals surface area contributed by atoms with Crippen LogP contribution in [0.5, 0.6) is 0 Å². The van der Waals surface area contributed by atoms with Crippen molar-refractivity contribution in [1.29, 1.82) is 0 Å². The zero-order chi connectivity index (χ0) is 5.82. The smallest absolute Gasteiger partial charge is 0.0242 e. The van der Waals surface area contributed by atoms with Crippen LogP contribution in [0.2, 0.25) is 0 Å². The van der Waals surface area contributed by atoms with E-state index in [1.165, 1.54) is 32.1 Å². The molecule has 0 bridgehead atoms. The first-order chi connectivity index (χ1) is 3.93. The lowest BCUT2D eigenvalue weighted by Gasteiger charge is -2.18. The number of hydrogen-bond acceptors (Lipinski definition) is 0. The van der Waals surface area contributed by atoms with E-state index in [2.05, 4.69) is 5.32 Å². The normalized spacial score (nSPS) is 23.6. The Morgan fingerprint density at radius 3 is 2.12 bits per heavy atom. The molecular weight excluding hydrogens is 98.1 g/mol. The number of rotatable bonds is 1. The summed E-state index contributed by atoms with van der Waals surface area (Å²) in [7, 11) is 1.94. The molecule has 0 aromatic rings. The van der Waals surface area contributed by atoms with Gasteiger partial charge < -0.3 is 0 Å². The van der Waals surface area contributed by atoms with Crippen LogP contribution < -0.4 is 5.32 Å². The Morgan fingerprint density at radius 1 is 1.12 bits per heavy atom. The summed E-state index contributed by atoms with van der Waals surface area (Å²) in [4.78, 5) is 0. The van der Waals surface area contributed by atoms with Crippen LogP contribution >= 0.6 is 0 Å². The third-order valence-corrected chi connectivity index (χ3v) is 1.94. The van der Waals surface area contributed by atoms with E-state index in [1.807, 2.05) is 7.05 Å². The lowest BCUT2D eigenvalue weighted by molar-refractivity contribution is 0.389. The van der Waals surface area contributed by atoms with Crippen molar-refractivity contribution < 1.29 is 0 Å². The standard InChI is InChI=1S/C7H14N/c1-8-7-5-3-2-4-6-7/h7H,2-6H2,1H3. The van der Waals surface area contributed by atoms with Gasteiger partial charge in [-0.2, -0.15) is 0 Å². The summed E-state index contributed by atoms with van der Waals surface area (Å²) in [5.74, 6) is 0. The molecule has 1 aliphatic carbocycles. The van der Waals surface area contributed by atoms with Crippen molar-refractivity contribution in [2.75, 3.05) is 7.05 Å². The van der Waals surface area contributed by atoms with Crippen LogP contribution in [0.4, 0.5) is 0 Å². The minimum absolute atomic E-state index is 0.712. The van der Waals surface area contributed by atoms with Crippen molar-refractivity contribution in [2.24, 2.45) is 0 Å². The van der Waals surface area contributed by atoms with E-state index < -0.39 is 0 Å². The first-order valence-corrected chi connectivity index (χ1v) is 3.52. The molecule has 1 saturated carbocycles. The van der Waals surface area contributed by atoms with Crippen molar-refractivity contribution in [3.63, 3.8) is 0 Å². The second kappa shape index (κ2) is 3.08. The van der Waals surface area contributed by atoms with E-state index in [1.54, 1.807) is 0 Å². The van der Waals surface area contributed by atoms with E-state index in [-0.39, 0.29) is 0 Å². The highest BCUT2D eigenvalue weighted by Crippen LogP contribution is 2.17. The van der Waals surface area contributed by atoms with Crippen LogP contribution in [0.3, 0.4) is 0 Å². The maximum absolute atomic E-state index is 4.25. The van der Waals surface area contributed by atoms with Crippen molar-refractivity contribution in [2.45, 2.75) is 38.1 Å². The molecule has 47 valence electrons. The van der Waals surface area contributed by atoms with Gasteiger partial charge in [0.15, 0.2) is 0 Å². The topological polar surface area (TPSA) is 14.1 Å². The molecule has 1 nitrogen and oxygen atoms in total. The molecule has 0 amide bonds. The molecule has 0 aromatic carbocycles. The third kappa shape index (κ3) is 1.48. The van der Waals surface area contributed by atoms with Gasteiger partial charge in [0, 0.05) is 13.1 Å². The summed E-state index contributed by atoms with van der Waals surface area (Å²) in [5.41, 5.74) is 0. The van der Waals surface area contributed by atoms with Crippen molar-refractivity contribution in [3.8, 4) is 0 Å². The van der Waals surface area contributed by atoms with E-state index in [0.717, 1.165) is 0 Å². The fraction of sp³-hybridized carbons (Fsp3) is 1.00. The Hall–Kier alpha value is -0.0400. The predicted octanol–water partition coefficient (Wildman–Crippen LogP) is 1.55. The quantitative estimate of drug-likeness (QED) is 0.488. The fourth-order valence-electron chi connectivity index (χ4n) is 1.34. The SMILES string of the molecule is C[N]C1CCCCC1. The Labute approximate surface area is 51.5 Å². The maximum atomic E-state index is 4.25. The maximum Gasteiger partial charge on any atom is 0.0242 e. The molecule has 0 aromatic heterocycles. The third-order valence-electron chi connectivity index (χ3n) is 1.94. The van der Waals surface area contributed by atoms with Crippen LogP contribution in [0.25, 0.3) is 0 Å². The van der Waals surface area contributed by atoms with Gasteiger partial charge in [-0.15, -0.1) is 0 Å². The van der Waals surface area contributed by atoms with Gasteiger partial charge in [-0.25, -0.2) is 5.32 Å². The number of hydrogen-bond donors (Lipinski definition) is 0. The molecule has 0 unspecified atom stereocenters. The largest absolute Gasteiger partial charge is 0.242 e. The van der Waals surface area contributed by atoms with E-state index in [4.69, 9.17) is 0 Å². The molecule has 0 heterocycles. The lowest BCUT2D eigenvalue weighted by Crippen LogP contribution is -2.21. The monoisotopic (exact) mass is 112 g/mol. The van der Waals surface area contributed by atoms with Gasteiger partial charge in [-0.1, -0.05) is 19.3 Å². The zero-order valence-electron chi connectivity index (χ0n) is 5.56. The molecule has 0 atom stereocenters. The summed E-state index contributed by atoms with van der Waals surface area (Å²) in [6.45, 7) is 0. The van der Waals surface area contributed by atoms with Crippen LogP contribution in [-0.2, 0) is 0 Å². The average molecular weight is 112 g/mol. The molecule has 1 radical (unpaired) electrons. The molecule has 0 aliphatic heterocycles. The Balaban J connectivity index is 2.13. The van der Waals surface area contributed by atoms with Crippen LogP contribution in [0.15, 0.2) is 0 Å². The summed E-state index contributed by atoms with van der Waals surface area (Å²) in [5, 5.41) is 4.25. The molecule has 1 aliphatic rings. The Morgan fingerprint density at radius 2 is 1.75 bits per heavy atom. The molecule has 8 heavy (non-hydrogen) atoms. The first kappa shape index (κ1) is 6.09. The van der Waals surface area contributed by atoms with Gasteiger partial charge in [0.2, 0.25) is 0 Å². The lowest BCUT2D eigenvalue weighted by atomic mass is 9.96. The molecule has 1 fully saturated rings. The molecule has 0 saturated heterocycles. The highest BCUT2D eigenvalue weighted by atomic mass is 14.9. The Bertz CT molecular complexity index is 55.4. The second-order valence-electron chi connectivity index (χ2n) is 2.55. The van der Waals surface area contributed by atoms with Crippen LogP contribution in [0, 0.1) is 0 Å². The Kier molecular flexibility index (Phi) is 2.34. The summed E-state index contributed by atoms with van der Waals surface area (Å²) < 4.78 is 0. The van der Waals surface area contributed by atoms with Gasteiger partial charge >= 0.3 is 0 Å². The fourth-order valence-corrected chi connectivity index (χ4v) is 1.34. The van der Waals surface area contributed by atoms with E-state index >= 15 is 0 Å². The minimum atomic E-state index is 0.712. The summed E-state index contributed by atoms with van der Waals surface area (Å²) >= 11 is 0. The molecule has 1 rings (SSSR count). The molecule has 0 spiro atoms. The van der Waals surface area contributed by atoms with E-state index in [9.17, 15) is 0 Å². The average Bonchev–Trinajstić information content (AvgIpc) is 1.90. The van der Waals surface area contributed by atoms with Crippen LogP contribution in [0.1, 0.15) is 32.1 Å². The van der Waals surface area contributed by atoms with Gasteiger partial charge in [0.05, 0.1) is 0 Å². The van der Waals surface area contributed by atoms with Crippen LogP contribution in [-0.4, -0.2) is 13.1 Å². The molecule has 1 heteroatoms. The zero-order valence-corrected chi connectivity index (χ0v) is 5.56. The molecule has 0 N–H and O–H groups in total. The first-order valence-electron chi connectivity index (χ1n) is 3.52. The van der Waals surface area contributed by atoms with Gasteiger partial charge in [-0.3, -0.25) is 0 Å². The second-order valence-corrected chi connectivity index (χ2v) is 2.55. The van der Waals surface area contributed by atoms with Gasteiger partial charge in [-0.05, 0) is 12.8 Å². The van der Waals surface area contributed by atoms with Gasteiger partial charge in [0.25, 0.3) is 0 Å². The van der Waals surface area contributed by atoms with Crippen molar-refractivity contribution >= 4 is 0 Å². The van der Waals surface area contributed by atoms with E-state index in [0.29, 0.717) is 6.04 Å². The van der Waals surface area contributed by atoms with Crippen molar-refractivity contribution in [1.82, 2.24) is 5.32 Å². The predicted molar refractivity (Wildman–Crippen MR) is 34.9 cm³/mol. The van der Waals surface area contributed by atoms with Crippen molar-refractivity contribution in [3.05, 3.63) is 0 Å². The summed E-state index contributed by atoms with van der Waals surface area (Å²) in [6, 6.07) is 0.712. The molecular formula is C7H14N.